The summed E-state index contributed by atoms with van der Waals surface area (Å²) >= 11 is 0. The Kier molecular flexibility index (Phi) is 2.58. The highest BCUT2D eigenvalue weighted by atomic mass is 16.5. The molecule has 14 heavy (non-hydrogen) atoms. The van der Waals surface area contributed by atoms with Crippen molar-refractivity contribution in [2.45, 2.75) is 26.2 Å². The van der Waals surface area contributed by atoms with E-state index in [1.54, 1.807) is 0 Å². The standard InChI is InChI=1S/C13H16O/c1-10(2)3-4-11-5-6-13-12(9-11)7-8-14-13/h5-6,9H,1,3-4,7-8H2,2H3. The van der Waals surface area contributed by atoms with Crippen LogP contribution in [0, 0.1) is 0 Å². The van der Waals surface area contributed by atoms with E-state index >= 15 is 0 Å². The van der Waals surface area contributed by atoms with Crippen LogP contribution in [-0.4, -0.2) is 6.61 Å². The lowest BCUT2D eigenvalue weighted by Crippen LogP contribution is -1.87. The second-order valence-electron chi connectivity index (χ2n) is 4.00. The highest BCUT2D eigenvalue weighted by Crippen LogP contribution is 2.26. The minimum absolute atomic E-state index is 0.847. The first-order chi connectivity index (χ1) is 6.75. The quantitative estimate of drug-likeness (QED) is 0.662. The van der Waals surface area contributed by atoms with Crippen LogP contribution in [0.25, 0.3) is 0 Å². The molecular weight excluding hydrogens is 172 g/mol. The van der Waals surface area contributed by atoms with Crippen LogP contribution in [0.4, 0.5) is 0 Å². The van der Waals surface area contributed by atoms with Crippen LogP contribution < -0.4 is 4.74 Å². The highest BCUT2D eigenvalue weighted by molar-refractivity contribution is 5.39. The van der Waals surface area contributed by atoms with Crippen molar-refractivity contribution < 1.29 is 4.74 Å². The Labute approximate surface area is 85.4 Å². The normalized spacial score (nSPS) is 13.5. The van der Waals surface area contributed by atoms with Crippen LogP contribution in [0.5, 0.6) is 5.75 Å². The molecule has 2 rings (SSSR count). The number of hydrogen-bond acceptors (Lipinski definition) is 1. The van der Waals surface area contributed by atoms with E-state index in [1.165, 1.54) is 16.7 Å². The SMILES string of the molecule is C=C(C)CCc1ccc2c(c1)CCO2. The van der Waals surface area contributed by atoms with E-state index < -0.39 is 0 Å². The number of aryl methyl sites for hydroxylation is 1. The van der Waals surface area contributed by atoms with E-state index in [4.69, 9.17) is 4.74 Å². The Morgan fingerprint density at radius 3 is 3.14 bits per heavy atom. The highest BCUT2D eigenvalue weighted by Gasteiger charge is 2.11. The predicted molar refractivity (Wildman–Crippen MR) is 58.8 cm³/mol. The van der Waals surface area contributed by atoms with Crippen molar-refractivity contribution in [3.05, 3.63) is 41.5 Å². The maximum atomic E-state index is 5.46. The molecule has 1 aromatic rings. The lowest BCUT2D eigenvalue weighted by Gasteiger charge is -2.03. The summed E-state index contributed by atoms with van der Waals surface area (Å²) in [5.74, 6) is 1.07. The summed E-state index contributed by atoms with van der Waals surface area (Å²) in [6.45, 7) is 6.84. The summed E-state index contributed by atoms with van der Waals surface area (Å²) in [5, 5.41) is 0. The van der Waals surface area contributed by atoms with E-state index in [0.29, 0.717) is 0 Å². The maximum Gasteiger partial charge on any atom is 0.122 e. The van der Waals surface area contributed by atoms with Crippen molar-refractivity contribution in [1.82, 2.24) is 0 Å². The third kappa shape index (κ3) is 1.98. The van der Waals surface area contributed by atoms with Gasteiger partial charge in [-0.1, -0.05) is 17.7 Å². The molecule has 0 spiro atoms. The van der Waals surface area contributed by atoms with Crippen molar-refractivity contribution in [3.8, 4) is 5.75 Å². The van der Waals surface area contributed by atoms with E-state index in [2.05, 4.69) is 31.7 Å². The van der Waals surface area contributed by atoms with Gasteiger partial charge in [-0.05, 0) is 37.0 Å². The predicted octanol–water partition coefficient (Wildman–Crippen LogP) is 3.13. The van der Waals surface area contributed by atoms with Crippen molar-refractivity contribution in [1.29, 1.82) is 0 Å². The van der Waals surface area contributed by atoms with Gasteiger partial charge in [0.2, 0.25) is 0 Å². The van der Waals surface area contributed by atoms with Gasteiger partial charge in [0.1, 0.15) is 5.75 Å². The maximum absolute atomic E-state index is 5.46. The molecule has 74 valence electrons. The molecule has 0 N–H and O–H groups in total. The monoisotopic (exact) mass is 188 g/mol. The average molecular weight is 188 g/mol. The summed E-state index contributed by atoms with van der Waals surface area (Å²) in [6, 6.07) is 6.52. The molecule has 0 unspecified atom stereocenters. The summed E-state index contributed by atoms with van der Waals surface area (Å²) < 4.78 is 5.46. The summed E-state index contributed by atoms with van der Waals surface area (Å²) in [6.07, 6.45) is 3.25. The number of hydrogen-bond donors (Lipinski definition) is 0. The fraction of sp³-hybridized carbons (Fsp3) is 0.385. The summed E-state index contributed by atoms with van der Waals surface area (Å²) in [5.41, 5.74) is 4.02. The summed E-state index contributed by atoms with van der Waals surface area (Å²) in [7, 11) is 0. The average Bonchev–Trinajstić information content (AvgIpc) is 2.61. The molecule has 0 radical (unpaired) electrons. The fourth-order valence-corrected chi connectivity index (χ4v) is 1.75. The summed E-state index contributed by atoms with van der Waals surface area (Å²) in [4.78, 5) is 0. The van der Waals surface area contributed by atoms with Gasteiger partial charge in [-0.25, -0.2) is 0 Å². The van der Waals surface area contributed by atoms with Crippen LogP contribution >= 0.6 is 0 Å². The lowest BCUT2D eigenvalue weighted by atomic mass is 10.0. The van der Waals surface area contributed by atoms with Crippen LogP contribution in [0.3, 0.4) is 0 Å². The molecule has 1 nitrogen and oxygen atoms in total. The molecule has 1 heteroatoms. The first kappa shape index (κ1) is 9.32. The Morgan fingerprint density at radius 2 is 2.36 bits per heavy atom. The van der Waals surface area contributed by atoms with Crippen molar-refractivity contribution in [3.63, 3.8) is 0 Å². The number of fused-ring (bicyclic) bond motifs is 1. The minimum atomic E-state index is 0.847. The van der Waals surface area contributed by atoms with Crippen molar-refractivity contribution >= 4 is 0 Å². The van der Waals surface area contributed by atoms with E-state index in [9.17, 15) is 0 Å². The van der Waals surface area contributed by atoms with E-state index in [1.807, 2.05) is 0 Å². The Morgan fingerprint density at radius 1 is 1.50 bits per heavy atom. The second-order valence-corrected chi connectivity index (χ2v) is 4.00. The Balaban J connectivity index is 2.09. The zero-order valence-electron chi connectivity index (χ0n) is 8.68. The molecule has 1 heterocycles. The van der Waals surface area contributed by atoms with Crippen LogP contribution in [-0.2, 0) is 12.8 Å². The van der Waals surface area contributed by atoms with E-state index in [-0.39, 0.29) is 0 Å². The number of allylic oxidation sites excluding steroid dienone is 1. The molecule has 0 saturated heterocycles. The fourth-order valence-electron chi connectivity index (χ4n) is 1.75. The molecule has 1 aliphatic heterocycles. The first-order valence-electron chi connectivity index (χ1n) is 5.15. The van der Waals surface area contributed by atoms with Gasteiger partial charge in [0.05, 0.1) is 6.61 Å². The first-order valence-corrected chi connectivity index (χ1v) is 5.15. The van der Waals surface area contributed by atoms with E-state index in [0.717, 1.165) is 31.6 Å². The topological polar surface area (TPSA) is 9.23 Å². The van der Waals surface area contributed by atoms with Gasteiger partial charge in [0.25, 0.3) is 0 Å². The van der Waals surface area contributed by atoms with Gasteiger partial charge >= 0.3 is 0 Å². The Bertz CT molecular complexity index is 352. The zero-order valence-corrected chi connectivity index (χ0v) is 8.68. The molecule has 1 aliphatic rings. The molecule has 0 saturated carbocycles. The zero-order chi connectivity index (χ0) is 9.97. The van der Waals surface area contributed by atoms with Crippen LogP contribution in [0.15, 0.2) is 30.4 Å². The largest absolute Gasteiger partial charge is 0.493 e. The molecule has 1 aromatic carbocycles. The molecule has 0 bridgehead atoms. The molecular formula is C13H16O. The van der Waals surface area contributed by atoms with Crippen LogP contribution in [0.2, 0.25) is 0 Å². The van der Waals surface area contributed by atoms with Gasteiger partial charge in [-0.15, -0.1) is 6.58 Å². The van der Waals surface area contributed by atoms with Gasteiger partial charge in [0.15, 0.2) is 0 Å². The number of rotatable bonds is 3. The third-order valence-corrected chi connectivity index (χ3v) is 2.59. The number of ether oxygens (including phenoxy) is 1. The van der Waals surface area contributed by atoms with Crippen molar-refractivity contribution in [2.75, 3.05) is 6.61 Å². The van der Waals surface area contributed by atoms with Gasteiger partial charge in [-0.2, -0.15) is 0 Å². The Hall–Kier alpha value is -1.24. The van der Waals surface area contributed by atoms with Gasteiger partial charge in [0, 0.05) is 6.42 Å². The van der Waals surface area contributed by atoms with Gasteiger partial charge < -0.3 is 4.74 Å². The number of benzene rings is 1. The molecule has 0 atom stereocenters. The second kappa shape index (κ2) is 3.87. The molecule has 0 aromatic heterocycles. The molecule has 0 aliphatic carbocycles. The van der Waals surface area contributed by atoms with Crippen molar-refractivity contribution in [2.24, 2.45) is 0 Å². The van der Waals surface area contributed by atoms with Crippen LogP contribution in [0.1, 0.15) is 24.5 Å². The minimum Gasteiger partial charge on any atom is -0.493 e. The lowest BCUT2D eigenvalue weighted by molar-refractivity contribution is 0.357. The van der Waals surface area contributed by atoms with Gasteiger partial charge in [-0.3, -0.25) is 0 Å². The third-order valence-electron chi connectivity index (χ3n) is 2.59. The molecule has 0 amide bonds. The molecule has 0 fully saturated rings. The smallest absolute Gasteiger partial charge is 0.122 e.